The van der Waals surface area contributed by atoms with Gasteiger partial charge in [-0.05, 0) is 41.6 Å². The Morgan fingerprint density at radius 3 is 2.78 bits per heavy atom. The molecule has 0 atom stereocenters. The van der Waals surface area contributed by atoms with Gasteiger partial charge in [-0.15, -0.1) is 10.2 Å². The molecule has 0 fully saturated rings. The Balaban J connectivity index is 1.52. The van der Waals surface area contributed by atoms with Crippen LogP contribution in [0.2, 0.25) is 0 Å². The molecule has 8 nitrogen and oxygen atoms in total. The third kappa shape index (κ3) is 2.65. The van der Waals surface area contributed by atoms with Crippen molar-refractivity contribution in [3.05, 3.63) is 70.5 Å². The first kappa shape index (κ1) is 15.4. The molecule has 0 bridgehead atoms. The normalized spacial score (nSPS) is 11.4. The Morgan fingerprint density at radius 2 is 1.93 bits per heavy atom. The summed E-state index contributed by atoms with van der Waals surface area (Å²) in [6.45, 7) is 0.124. The molecule has 5 aromatic rings. The fourth-order valence-corrected chi connectivity index (χ4v) is 2.88. The van der Waals surface area contributed by atoms with Crippen LogP contribution in [-0.4, -0.2) is 30.2 Å². The first-order chi connectivity index (χ1) is 13.2. The van der Waals surface area contributed by atoms with Gasteiger partial charge in [0.25, 0.3) is 5.56 Å². The highest BCUT2D eigenvalue weighted by atomic mass is 19.1. The van der Waals surface area contributed by atoms with Crippen LogP contribution in [-0.2, 0) is 6.54 Å². The monoisotopic (exact) mass is 362 g/mol. The van der Waals surface area contributed by atoms with E-state index >= 15 is 0 Å². The van der Waals surface area contributed by atoms with Crippen LogP contribution in [0.3, 0.4) is 0 Å². The van der Waals surface area contributed by atoms with Crippen LogP contribution in [0.15, 0.2) is 57.7 Å². The van der Waals surface area contributed by atoms with E-state index in [2.05, 4.69) is 25.4 Å². The number of nitrogens with zero attached hydrogens (tertiary/aromatic N) is 5. The highest BCUT2D eigenvalue weighted by Crippen LogP contribution is 2.24. The van der Waals surface area contributed by atoms with Crippen molar-refractivity contribution in [1.82, 2.24) is 30.2 Å². The average Bonchev–Trinajstić information content (AvgIpc) is 3.28. The van der Waals surface area contributed by atoms with Gasteiger partial charge in [-0.2, -0.15) is 4.80 Å². The molecule has 1 N–H and O–H groups in total. The molecule has 0 unspecified atom stereocenters. The number of hydrogen-bond donors (Lipinski definition) is 1. The van der Waals surface area contributed by atoms with Crippen LogP contribution in [0.5, 0.6) is 0 Å². The molecule has 0 aliphatic carbocycles. The summed E-state index contributed by atoms with van der Waals surface area (Å²) in [6.07, 6.45) is 0. The summed E-state index contributed by atoms with van der Waals surface area (Å²) in [6, 6.07) is 13.1. The van der Waals surface area contributed by atoms with Crippen LogP contribution in [0, 0.1) is 5.82 Å². The van der Waals surface area contributed by atoms with Gasteiger partial charge >= 0.3 is 0 Å². The summed E-state index contributed by atoms with van der Waals surface area (Å²) in [4.78, 5) is 20.8. The van der Waals surface area contributed by atoms with E-state index in [1.165, 1.54) is 16.9 Å². The third-order valence-corrected chi connectivity index (χ3v) is 4.13. The van der Waals surface area contributed by atoms with Gasteiger partial charge in [0, 0.05) is 10.9 Å². The molecular weight excluding hydrogens is 351 g/mol. The Kier molecular flexibility index (Phi) is 3.32. The van der Waals surface area contributed by atoms with Gasteiger partial charge in [0.15, 0.2) is 0 Å². The summed E-state index contributed by atoms with van der Waals surface area (Å²) in [5.41, 5.74) is 1.53. The van der Waals surface area contributed by atoms with Crippen LogP contribution >= 0.6 is 0 Å². The molecule has 0 amide bonds. The van der Waals surface area contributed by atoms with E-state index in [0.29, 0.717) is 28.3 Å². The third-order valence-electron chi connectivity index (χ3n) is 4.13. The lowest BCUT2D eigenvalue weighted by Crippen LogP contribution is -2.15. The number of furan rings is 1. The minimum Gasteiger partial charge on any atom is -0.449 e. The molecule has 3 aromatic heterocycles. The number of tetrazole rings is 1. The maximum Gasteiger partial charge on any atom is 0.294 e. The maximum absolute atomic E-state index is 13.0. The second-order valence-electron chi connectivity index (χ2n) is 5.94. The topological polar surface area (TPSA) is 102 Å². The van der Waals surface area contributed by atoms with Crippen molar-refractivity contribution in [2.75, 3.05) is 0 Å². The Morgan fingerprint density at radius 1 is 1.11 bits per heavy atom. The van der Waals surface area contributed by atoms with Crippen LogP contribution in [0.1, 0.15) is 5.82 Å². The molecule has 2 aromatic carbocycles. The molecule has 132 valence electrons. The maximum atomic E-state index is 13.0. The van der Waals surface area contributed by atoms with Gasteiger partial charge in [0.05, 0.1) is 0 Å². The summed E-state index contributed by atoms with van der Waals surface area (Å²) in [5.74, 6) is 0.392. The fraction of sp³-hybridized carbons (Fsp3) is 0.0556. The number of benzene rings is 2. The summed E-state index contributed by atoms with van der Waals surface area (Å²) < 4.78 is 18.6. The molecule has 0 saturated heterocycles. The number of rotatable bonds is 3. The van der Waals surface area contributed by atoms with Crippen molar-refractivity contribution in [3.8, 4) is 11.4 Å². The molecule has 5 rings (SSSR count). The molecular formula is C18H11FN6O2. The summed E-state index contributed by atoms with van der Waals surface area (Å²) >= 11 is 0. The molecule has 0 aliphatic rings. The van der Waals surface area contributed by atoms with Crippen LogP contribution < -0.4 is 5.56 Å². The standard InChI is InChI=1S/C18H11FN6O2/c19-11-7-5-10(6-8-11)17-22-24-25(23-17)9-14-20-15-12-3-1-2-4-13(12)27-16(15)18(26)21-14/h1-8H,9H2,(H,20,21,26). The molecule has 3 heterocycles. The predicted molar refractivity (Wildman–Crippen MR) is 94.4 cm³/mol. The Labute approximate surface area is 150 Å². The lowest BCUT2D eigenvalue weighted by atomic mass is 10.2. The van der Waals surface area contributed by atoms with E-state index in [9.17, 15) is 9.18 Å². The van der Waals surface area contributed by atoms with Crippen molar-refractivity contribution in [2.24, 2.45) is 0 Å². The van der Waals surface area contributed by atoms with Gasteiger partial charge in [-0.1, -0.05) is 12.1 Å². The van der Waals surface area contributed by atoms with Gasteiger partial charge in [-0.25, -0.2) is 9.37 Å². The highest BCUT2D eigenvalue weighted by Gasteiger charge is 2.14. The van der Waals surface area contributed by atoms with Gasteiger partial charge in [0.1, 0.15) is 29.3 Å². The first-order valence-corrected chi connectivity index (χ1v) is 8.11. The van der Waals surface area contributed by atoms with E-state index in [4.69, 9.17) is 4.42 Å². The number of aromatic nitrogens is 6. The second kappa shape index (κ2) is 5.84. The molecule has 0 aliphatic heterocycles. The van der Waals surface area contributed by atoms with Crippen molar-refractivity contribution in [2.45, 2.75) is 6.54 Å². The highest BCUT2D eigenvalue weighted by molar-refractivity contribution is 6.01. The Bertz CT molecular complexity index is 1340. The van der Waals surface area contributed by atoms with E-state index in [1.54, 1.807) is 18.2 Å². The first-order valence-electron chi connectivity index (χ1n) is 8.11. The van der Waals surface area contributed by atoms with Gasteiger partial charge in [0.2, 0.25) is 11.4 Å². The molecule has 9 heteroatoms. The number of nitrogens with one attached hydrogen (secondary N) is 1. The SMILES string of the molecule is O=c1[nH]c(Cn2nnc(-c3ccc(F)cc3)n2)nc2c1oc1ccccc12. The quantitative estimate of drug-likeness (QED) is 0.529. The van der Waals surface area contributed by atoms with Crippen LogP contribution in [0.25, 0.3) is 33.5 Å². The van der Waals surface area contributed by atoms with E-state index < -0.39 is 0 Å². The van der Waals surface area contributed by atoms with Crippen molar-refractivity contribution in [1.29, 1.82) is 0 Å². The summed E-state index contributed by atoms with van der Waals surface area (Å²) in [5, 5.41) is 12.9. The number of halogens is 1. The zero-order chi connectivity index (χ0) is 18.4. The van der Waals surface area contributed by atoms with Gasteiger partial charge in [-0.3, -0.25) is 4.79 Å². The van der Waals surface area contributed by atoms with E-state index in [1.807, 2.05) is 18.2 Å². The van der Waals surface area contributed by atoms with Crippen molar-refractivity contribution >= 4 is 22.1 Å². The number of hydrogen-bond acceptors (Lipinski definition) is 6. The largest absolute Gasteiger partial charge is 0.449 e. The number of H-pyrrole nitrogens is 1. The van der Waals surface area contributed by atoms with Gasteiger partial charge < -0.3 is 9.40 Å². The predicted octanol–water partition coefficient (Wildman–Crippen LogP) is 2.51. The molecule has 27 heavy (non-hydrogen) atoms. The molecule has 0 saturated carbocycles. The number of aromatic amines is 1. The lowest BCUT2D eigenvalue weighted by molar-refractivity contribution is 0.553. The Hall–Kier alpha value is -3.88. The minimum absolute atomic E-state index is 0.124. The zero-order valence-electron chi connectivity index (χ0n) is 13.8. The van der Waals surface area contributed by atoms with E-state index in [-0.39, 0.29) is 23.5 Å². The van der Waals surface area contributed by atoms with Crippen LogP contribution in [0.4, 0.5) is 4.39 Å². The lowest BCUT2D eigenvalue weighted by Gasteiger charge is -1.99. The number of fused-ring (bicyclic) bond motifs is 3. The number of para-hydroxylation sites is 1. The van der Waals surface area contributed by atoms with Crippen molar-refractivity contribution < 1.29 is 8.81 Å². The smallest absolute Gasteiger partial charge is 0.294 e. The second-order valence-corrected chi connectivity index (χ2v) is 5.94. The zero-order valence-corrected chi connectivity index (χ0v) is 13.8. The van der Waals surface area contributed by atoms with E-state index in [0.717, 1.165) is 5.39 Å². The fourth-order valence-electron chi connectivity index (χ4n) is 2.88. The summed E-state index contributed by atoms with van der Waals surface area (Å²) in [7, 11) is 0. The van der Waals surface area contributed by atoms with Crippen molar-refractivity contribution in [3.63, 3.8) is 0 Å². The average molecular weight is 362 g/mol. The molecule has 0 radical (unpaired) electrons. The molecule has 0 spiro atoms. The minimum atomic E-state index is -0.370.